The predicted molar refractivity (Wildman–Crippen MR) is 107 cm³/mol. The van der Waals surface area contributed by atoms with Crippen LogP contribution >= 0.6 is 0 Å². The van der Waals surface area contributed by atoms with E-state index in [1.807, 2.05) is 18.4 Å². The summed E-state index contributed by atoms with van der Waals surface area (Å²) in [5, 5.41) is 21.3. The molecule has 0 aliphatic rings. The van der Waals surface area contributed by atoms with Crippen molar-refractivity contribution in [1.82, 2.24) is 24.3 Å². The van der Waals surface area contributed by atoms with Crippen LogP contribution in [-0.4, -0.2) is 41.4 Å². The van der Waals surface area contributed by atoms with Gasteiger partial charge in [-0.3, -0.25) is 9.36 Å². The molecule has 0 saturated carbocycles. The third-order valence-electron chi connectivity index (χ3n) is 4.48. The molecule has 146 valence electrons. The van der Waals surface area contributed by atoms with Crippen molar-refractivity contribution in [2.75, 3.05) is 5.32 Å². The molecule has 0 bridgehead atoms. The zero-order valence-corrected chi connectivity index (χ0v) is 15.8. The Hall–Kier alpha value is -4.01. The van der Waals surface area contributed by atoms with Crippen molar-refractivity contribution in [2.24, 2.45) is 0 Å². The molecule has 9 heteroatoms. The van der Waals surface area contributed by atoms with Crippen LogP contribution in [0.3, 0.4) is 0 Å². The molecule has 29 heavy (non-hydrogen) atoms. The number of hydrogen-bond acceptors (Lipinski definition) is 5. The van der Waals surface area contributed by atoms with E-state index in [2.05, 4.69) is 20.5 Å². The molecular formula is C20H18N6O3. The number of amides is 1. The number of pyridine rings is 1. The van der Waals surface area contributed by atoms with Gasteiger partial charge < -0.3 is 15.0 Å². The summed E-state index contributed by atoms with van der Waals surface area (Å²) < 4.78 is 2.96. The van der Waals surface area contributed by atoms with E-state index in [-0.39, 0.29) is 11.9 Å². The summed E-state index contributed by atoms with van der Waals surface area (Å²) in [5.41, 5.74) is 1.00. The first-order valence-electron chi connectivity index (χ1n) is 8.95. The second kappa shape index (κ2) is 7.19. The first-order valence-corrected chi connectivity index (χ1v) is 8.95. The van der Waals surface area contributed by atoms with Crippen LogP contribution < -0.4 is 5.32 Å². The lowest BCUT2D eigenvalue weighted by molar-refractivity contribution is 0.102. The maximum absolute atomic E-state index is 12.7. The molecule has 0 fully saturated rings. The topological polar surface area (TPSA) is 115 Å². The van der Waals surface area contributed by atoms with E-state index < -0.39 is 6.09 Å². The molecule has 0 unspecified atom stereocenters. The molecule has 1 amide bonds. The van der Waals surface area contributed by atoms with Crippen molar-refractivity contribution in [1.29, 1.82) is 0 Å². The van der Waals surface area contributed by atoms with E-state index in [1.54, 1.807) is 42.7 Å². The number of benzene rings is 1. The van der Waals surface area contributed by atoms with Crippen molar-refractivity contribution in [3.63, 3.8) is 0 Å². The summed E-state index contributed by atoms with van der Waals surface area (Å²) in [6.45, 7) is 4.04. The minimum Gasteiger partial charge on any atom is -0.464 e. The maximum atomic E-state index is 12.7. The fourth-order valence-corrected chi connectivity index (χ4v) is 3.01. The number of fused-ring (bicyclic) bond motifs is 1. The highest BCUT2D eigenvalue weighted by atomic mass is 16.4. The minimum absolute atomic E-state index is 0.171. The van der Waals surface area contributed by atoms with Gasteiger partial charge in [-0.1, -0.05) is 12.1 Å². The van der Waals surface area contributed by atoms with Gasteiger partial charge in [0.05, 0.1) is 0 Å². The lowest BCUT2D eigenvalue weighted by atomic mass is 10.1. The summed E-state index contributed by atoms with van der Waals surface area (Å²) in [5.74, 6) is 0.659. The number of carbonyl (C=O) groups is 2. The number of hydrogen-bond donors (Lipinski definition) is 2. The van der Waals surface area contributed by atoms with Crippen LogP contribution in [-0.2, 0) is 0 Å². The van der Waals surface area contributed by atoms with Crippen LogP contribution in [0.1, 0.15) is 30.2 Å². The quantitative estimate of drug-likeness (QED) is 0.550. The predicted octanol–water partition coefficient (Wildman–Crippen LogP) is 3.65. The van der Waals surface area contributed by atoms with Crippen LogP contribution in [0.5, 0.6) is 0 Å². The van der Waals surface area contributed by atoms with E-state index in [0.29, 0.717) is 28.3 Å². The van der Waals surface area contributed by atoms with Crippen LogP contribution in [0, 0.1) is 0 Å². The van der Waals surface area contributed by atoms with Gasteiger partial charge in [-0.05, 0) is 38.1 Å². The van der Waals surface area contributed by atoms with Crippen molar-refractivity contribution in [3.05, 3.63) is 60.7 Å². The zero-order chi connectivity index (χ0) is 20.5. The Kier molecular flexibility index (Phi) is 4.55. The number of nitrogens with zero attached hydrogens (tertiary/aromatic N) is 5. The molecule has 0 atom stereocenters. The molecule has 0 aliphatic carbocycles. The molecule has 0 radical (unpaired) electrons. The first-order chi connectivity index (χ1) is 13.9. The number of nitrogens with one attached hydrogen (secondary N) is 1. The first kappa shape index (κ1) is 18.4. The molecule has 4 aromatic rings. The second-order valence-electron chi connectivity index (χ2n) is 6.81. The van der Waals surface area contributed by atoms with Gasteiger partial charge in [0.15, 0.2) is 5.82 Å². The minimum atomic E-state index is -1.08. The summed E-state index contributed by atoms with van der Waals surface area (Å²) >= 11 is 0. The van der Waals surface area contributed by atoms with Gasteiger partial charge in [0.25, 0.3) is 5.91 Å². The second-order valence-corrected chi connectivity index (χ2v) is 6.81. The monoisotopic (exact) mass is 390 g/mol. The van der Waals surface area contributed by atoms with Crippen LogP contribution in [0.2, 0.25) is 0 Å². The Morgan fingerprint density at radius 1 is 1.10 bits per heavy atom. The molecule has 0 saturated heterocycles. The Morgan fingerprint density at radius 2 is 1.90 bits per heavy atom. The molecule has 3 heterocycles. The highest BCUT2D eigenvalue weighted by Gasteiger charge is 2.14. The Bertz CT molecular complexity index is 1220. The molecule has 1 aromatic carbocycles. The Labute approximate surface area is 165 Å². The Morgan fingerprint density at radius 3 is 2.66 bits per heavy atom. The number of carbonyl (C=O) groups excluding carboxylic acids is 1. The average Bonchev–Trinajstić information content (AvgIpc) is 3.34. The van der Waals surface area contributed by atoms with Crippen molar-refractivity contribution in [3.8, 4) is 11.5 Å². The van der Waals surface area contributed by atoms with Gasteiger partial charge in [-0.25, -0.2) is 9.78 Å². The number of carboxylic acid groups (broad SMARTS) is 1. The number of rotatable bonds is 4. The van der Waals surface area contributed by atoms with E-state index in [4.69, 9.17) is 5.11 Å². The smallest absolute Gasteiger partial charge is 0.415 e. The molecule has 3 aromatic heterocycles. The molecular weight excluding hydrogens is 372 g/mol. The van der Waals surface area contributed by atoms with Crippen molar-refractivity contribution < 1.29 is 14.7 Å². The molecule has 0 spiro atoms. The summed E-state index contributed by atoms with van der Waals surface area (Å²) in [6, 6.07) is 10.4. The van der Waals surface area contributed by atoms with Gasteiger partial charge in [-0.2, -0.15) is 0 Å². The van der Waals surface area contributed by atoms with Crippen LogP contribution in [0.15, 0.2) is 55.1 Å². The highest BCUT2D eigenvalue weighted by molar-refractivity contribution is 6.06. The maximum Gasteiger partial charge on any atom is 0.415 e. The standard InChI is InChI=1S/C20H18N6O3/c1-12(2)26-11-21-24-18(26)16-4-3-5-17(22-16)23-19(27)13-6-7-14-9-25(20(28)29)10-15(14)8-13/h3-12H,1-2H3,(H,28,29)(H,22,23,27). The molecule has 2 N–H and O–H groups in total. The van der Waals surface area contributed by atoms with Crippen LogP contribution in [0.4, 0.5) is 10.6 Å². The van der Waals surface area contributed by atoms with Crippen LogP contribution in [0.25, 0.3) is 22.3 Å². The lowest BCUT2D eigenvalue weighted by Crippen LogP contribution is -2.13. The van der Waals surface area contributed by atoms with Gasteiger partial charge in [0.1, 0.15) is 17.8 Å². The van der Waals surface area contributed by atoms with E-state index in [0.717, 1.165) is 9.95 Å². The fraction of sp³-hybridized carbons (Fsp3) is 0.150. The lowest BCUT2D eigenvalue weighted by Gasteiger charge is -2.10. The molecule has 0 aliphatic heterocycles. The summed E-state index contributed by atoms with van der Waals surface area (Å²) in [6.07, 6.45) is 3.52. The largest absolute Gasteiger partial charge is 0.464 e. The van der Waals surface area contributed by atoms with Crippen molar-refractivity contribution in [2.45, 2.75) is 19.9 Å². The van der Waals surface area contributed by atoms with Gasteiger partial charge in [-0.15, -0.1) is 10.2 Å². The average molecular weight is 390 g/mol. The van der Waals surface area contributed by atoms with Crippen molar-refractivity contribution >= 4 is 28.6 Å². The highest BCUT2D eigenvalue weighted by Crippen LogP contribution is 2.21. The Balaban J connectivity index is 1.59. The normalized spacial score (nSPS) is 11.1. The van der Waals surface area contributed by atoms with Gasteiger partial charge in [0, 0.05) is 34.8 Å². The fourth-order valence-electron chi connectivity index (χ4n) is 3.01. The number of anilines is 1. The zero-order valence-electron chi connectivity index (χ0n) is 15.8. The molecule has 4 rings (SSSR count). The third kappa shape index (κ3) is 3.57. The van der Waals surface area contributed by atoms with E-state index in [9.17, 15) is 9.59 Å². The third-order valence-corrected chi connectivity index (χ3v) is 4.48. The SMILES string of the molecule is CC(C)n1cnnc1-c1cccc(NC(=O)c2ccc3cn(C(=O)O)cc3c2)n1. The van der Waals surface area contributed by atoms with E-state index >= 15 is 0 Å². The number of aromatic nitrogens is 5. The van der Waals surface area contributed by atoms with Gasteiger partial charge in [0.2, 0.25) is 0 Å². The summed E-state index contributed by atoms with van der Waals surface area (Å²) in [4.78, 5) is 28.2. The summed E-state index contributed by atoms with van der Waals surface area (Å²) in [7, 11) is 0. The van der Waals surface area contributed by atoms with Gasteiger partial charge >= 0.3 is 6.09 Å². The van der Waals surface area contributed by atoms with E-state index in [1.165, 1.54) is 12.4 Å². The molecule has 9 nitrogen and oxygen atoms in total.